The van der Waals surface area contributed by atoms with Crippen molar-refractivity contribution >= 4 is 28.8 Å². The molecule has 0 bridgehead atoms. The smallest absolute Gasteiger partial charge is 0.224 e. The zero-order valence-corrected chi connectivity index (χ0v) is 13.1. The summed E-state index contributed by atoms with van der Waals surface area (Å²) in [5.41, 5.74) is 7.37. The molecule has 0 saturated heterocycles. The van der Waals surface area contributed by atoms with Crippen LogP contribution in [0, 0.1) is 5.92 Å². The zero-order valence-electron chi connectivity index (χ0n) is 12.3. The molecule has 1 aliphatic rings. The van der Waals surface area contributed by atoms with Crippen LogP contribution in [0.5, 0.6) is 0 Å². The second-order valence-corrected chi connectivity index (χ2v) is 6.03. The zero-order chi connectivity index (χ0) is 15.2. The van der Waals surface area contributed by atoms with E-state index in [-0.39, 0.29) is 5.91 Å². The number of hydrogen-bond acceptors (Lipinski definition) is 3. The molecule has 0 aliphatic heterocycles. The van der Waals surface area contributed by atoms with Crippen molar-refractivity contribution in [3.63, 3.8) is 0 Å². The van der Waals surface area contributed by atoms with Crippen molar-refractivity contribution < 1.29 is 9.53 Å². The van der Waals surface area contributed by atoms with Crippen molar-refractivity contribution in [3.05, 3.63) is 29.8 Å². The number of benzene rings is 1. The Morgan fingerprint density at radius 2 is 2.05 bits per heavy atom. The number of hydrogen-bond donors (Lipinski definition) is 2. The van der Waals surface area contributed by atoms with E-state index in [1.54, 1.807) is 0 Å². The minimum Gasteiger partial charge on any atom is -0.393 e. The van der Waals surface area contributed by atoms with Crippen molar-refractivity contribution in [1.29, 1.82) is 0 Å². The lowest BCUT2D eigenvalue weighted by Crippen LogP contribution is -2.33. The van der Waals surface area contributed by atoms with E-state index in [9.17, 15) is 4.79 Å². The first kappa shape index (κ1) is 15.9. The molecule has 4 nitrogen and oxygen atoms in total. The number of amides is 1. The standard InChI is InChI=1S/C16H22N2O2S/c1-2-20-14-7-12(8-14)10-16(19)18-13-5-3-11(4-6-13)9-15(17)21/h3-6,12,14H,2,7-10H2,1H3,(H2,17,21)(H,18,19). The minimum atomic E-state index is 0.0667. The summed E-state index contributed by atoms with van der Waals surface area (Å²) in [5, 5.41) is 2.92. The van der Waals surface area contributed by atoms with Crippen molar-refractivity contribution in [3.8, 4) is 0 Å². The average Bonchev–Trinajstić information content (AvgIpc) is 2.38. The monoisotopic (exact) mass is 306 g/mol. The molecule has 3 N–H and O–H groups in total. The third-order valence-corrected chi connectivity index (χ3v) is 3.83. The first-order chi connectivity index (χ1) is 10.1. The Kier molecular flexibility index (Phi) is 5.70. The van der Waals surface area contributed by atoms with Gasteiger partial charge >= 0.3 is 0 Å². The summed E-state index contributed by atoms with van der Waals surface area (Å²) < 4.78 is 5.50. The second-order valence-electron chi connectivity index (χ2n) is 5.51. The van der Waals surface area contributed by atoms with Gasteiger partial charge in [0.1, 0.15) is 0 Å². The first-order valence-electron chi connectivity index (χ1n) is 7.35. The van der Waals surface area contributed by atoms with Crippen LogP contribution < -0.4 is 11.1 Å². The third kappa shape index (κ3) is 5.10. The second kappa shape index (κ2) is 7.52. The van der Waals surface area contributed by atoms with E-state index in [2.05, 4.69) is 5.32 Å². The van der Waals surface area contributed by atoms with Crippen LogP contribution in [0.25, 0.3) is 0 Å². The van der Waals surface area contributed by atoms with E-state index < -0.39 is 0 Å². The van der Waals surface area contributed by atoms with Crippen molar-refractivity contribution in [2.75, 3.05) is 11.9 Å². The average molecular weight is 306 g/mol. The Balaban J connectivity index is 1.74. The molecule has 1 aliphatic carbocycles. The Hall–Kier alpha value is -1.46. The summed E-state index contributed by atoms with van der Waals surface area (Å²) in [7, 11) is 0. The molecule has 1 aromatic carbocycles. The minimum absolute atomic E-state index is 0.0667. The Bertz CT molecular complexity index is 496. The predicted molar refractivity (Wildman–Crippen MR) is 88.3 cm³/mol. The Morgan fingerprint density at radius 3 is 2.62 bits per heavy atom. The molecule has 1 amide bonds. The molecule has 1 fully saturated rings. The van der Waals surface area contributed by atoms with Gasteiger partial charge in [0.05, 0.1) is 11.1 Å². The van der Waals surface area contributed by atoms with E-state index in [4.69, 9.17) is 22.7 Å². The lowest BCUT2D eigenvalue weighted by Gasteiger charge is -2.34. The van der Waals surface area contributed by atoms with Crippen LogP contribution in [0.15, 0.2) is 24.3 Å². The maximum absolute atomic E-state index is 12.0. The quantitative estimate of drug-likeness (QED) is 0.760. The SMILES string of the molecule is CCOC1CC(CC(=O)Nc2ccc(CC(N)=S)cc2)C1. The van der Waals surface area contributed by atoms with Gasteiger partial charge in [0.15, 0.2) is 0 Å². The van der Waals surface area contributed by atoms with Gasteiger partial charge in [-0.3, -0.25) is 4.79 Å². The number of rotatable bonds is 7. The molecule has 5 heteroatoms. The molecular formula is C16H22N2O2S. The highest BCUT2D eigenvalue weighted by molar-refractivity contribution is 7.80. The molecule has 114 valence electrons. The molecule has 0 heterocycles. The molecule has 0 spiro atoms. The van der Waals surface area contributed by atoms with Crippen LogP contribution in [-0.2, 0) is 16.0 Å². The summed E-state index contributed by atoms with van der Waals surface area (Å²) in [4.78, 5) is 12.4. The molecule has 0 atom stereocenters. The summed E-state index contributed by atoms with van der Waals surface area (Å²) in [6.07, 6.45) is 3.50. The summed E-state index contributed by atoms with van der Waals surface area (Å²) >= 11 is 4.87. The summed E-state index contributed by atoms with van der Waals surface area (Å²) in [6.45, 7) is 2.75. The van der Waals surface area contributed by atoms with E-state index in [0.717, 1.165) is 30.7 Å². The van der Waals surface area contributed by atoms with Gasteiger partial charge in [0, 0.05) is 25.1 Å². The van der Waals surface area contributed by atoms with Crippen molar-refractivity contribution in [2.24, 2.45) is 11.7 Å². The van der Waals surface area contributed by atoms with Gasteiger partial charge < -0.3 is 15.8 Å². The van der Waals surface area contributed by atoms with Crippen LogP contribution in [0.1, 0.15) is 31.7 Å². The highest BCUT2D eigenvalue weighted by Gasteiger charge is 2.30. The Labute approximate surface area is 131 Å². The van der Waals surface area contributed by atoms with Crippen LogP contribution in [0.4, 0.5) is 5.69 Å². The molecule has 2 rings (SSSR count). The van der Waals surface area contributed by atoms with E-state index >= 15 is 0 Å². The maximum Gasteiger partial charge on any atom is 0.224 e. The summed E-state index contributed by atoms with van der Waals surface area (Å²) in [6, 6.07) is 7.64. The topological polar surface area (TPSA) is 64.3 Å². The molecule has 1 saturated carbocycles. The molecule has 1 aromatic rings. The summed E-state index contributed by atoms with van der Waals surface area (Å²) in [5.74, 6) is 0.521. The van der Waals surface area contributed by atoms with Crippen LogP contribution in [-0.4, -0.2) is 23.6 Å². The fraction of sp³-hybridized carbons (Fsp3) is 0.500. The van der Waals surface area contributed by atoms with Crippen LogP contribution in [0.2, 0.25) is 0 Å². The van der Waals surface area contributed by atoms with E-state index in [1.807, 2.05) is 31.2 Å². The number of thiocarbonyl (C=S) groups is 1. The largest absolute Gasteiger partial charge is 0.393 e. The number of nitrogens with one attached hydrogen (secondary N) is 1. The molecule has 21 heavy (non-hydrogen) atoms. The Morgan fingerprint density at radius 1 is 1.38 bits per heavy atom. The predicted octanol–water partition coefficient (Wildman–Crippen LogP) is 2.66. The van der Waals surface area contributed by atoms with Gasteiger partial charge in [-0.1, -0.05) is 24.4 Å². The van der Waals surface area contributed by atoms with Crippen molar-refractivity contribution in [2.45, 2.75) is 38.7 Å². The first-order valence-corrected chi connectivity index (χ1v) is 7.76. The highest BCUT2D eigenvalue weighted by atomic mass is 32.1. The maximum atomic E-state index is 12.0. The highest BCUT2D eigenvalue weighted by Crippen LogP contribution is 2.32. The lowest BCUT2D eigenvalue weighted by molar-refractivity contribution is -0.119. The van der Waals surface area contributed by atoms with Gasteiger partial charge in [-0.05, 0) is 43.4 Å². The van der Waals surface area contributed by atoms with Crippen LogP contribution in [0.3, 0.4) is 0 Å². The lowest BCUT2D eigenvalue weighted by atomic mass is 9.80. The van der Waals surface area contributed by atoms with Crippen LogP contribution >= 0.6 is 12.2 Å². The normalized spacial score (nSPS) is 20.6. The van der Waals surface area contributed by atoms with Gasteiger partial charge in [-0.2, -0.15) is 0 Å². The van der Waals surface area contributed by atoms with Gasteiger partial charge in [0.25, 0.3) is 0 Å². The van der Waals surface area contributed by atoms with Gasteiger partial charge in [-0.15, -0.1) is 0 Å². The number of anilines is 1. The van der Waals surface area contributed by atoms with Gasteiger partial charge in [-0.25, -0.2) is 0 Å². The molecule has 0 unspecified atom stereocenters. The number of ether oxygens (including phenoxy) is 1. The fourth-order valence-corrected chi connectivity index (χ4v) is 2.76. The molecule has 0 radical (unpaired) electrons. The molecular weight excluding hydrogens is 284 g/mol. The number of carbonyl (C=O) groups is 1. The van der Waals surface area contributed by atoms with E-state index in [0.29, 0.717) is 29.9 Å². The number of nitrogens with two attached hydrogens (primary N) is 1. The molecule has 0 aromatic heterocycles. The fourth-order valence-electron chi connectivity index (χ4n) is 2.59. The van der Waals surface area contributed by atoms with Gasteiger partial charge in [0.2, 0.25) is 5.91 Å². The van der Waals surface area contributed by atoms with E-state index in [1.165, 1.54) is 0 Å². The number of carbonyl (C=O) groups excluding carboxylic acids is 1. The van der Waals surface area contributed by atoms with Crippen molar-refractivity contribution in [1.82, 2.24) is 0 Å². The third-order valence-electron chi connectivity index (χ3n) is 3.68.